The molecule has 2 rings (SSSR count). The number of ether oxygens (including phenoxy) is 1. The molecule has 0 aromatic heterocycles. The number of aliphatic imine (C=N–C) groups is 1. The standard InChI is InChI=1S/C20H33N5O2/c1-6-19(26)25-12-11-16(14-25)23-20(21-2)22-13-18(24(3)4)15-7-9-17(27-5)10-8-15/h7-10,16,18H,6,11-14H2,1-5H3,(H2,21,22,23). The van der Waals surface area contributed by atoms with E-state index < -0.39 is 0 Å². The molecule has 2 N–H and O–H groups in total. The molecule has 0 spiro atoms. The van der Waals surface area contributed by atoms with Crippen LogP contribution in [0, 0.1) is 0 Å². The molecule has 150 valence electrons. The summed E-state index contributed by atoms with van der Waals surface area (Å²) in [4.78, 5) is 20.3. The summed E-state index contributed by atoms with van der Waals surface area (Å²) in [6.45, 7) is 4.18. The smallest absolute Gasteiger partial charge is 0.222 e. The summed E-state index contributed by atoms with van der Waals surface area (Å²) in [5.74, 6) is 1.84. The van der Waals surface area contributed by atoms with Crippen LogP contribution in [-0.2, 0) is 4.79 Å². The van der Waals surface area contributed by atoms with Gasteiger partial charge in [-0.3, -0.25) is 9.79 Å². The first-order valence-corrected chi connectivity index (χ1v) is 9.53. The number of guanidine groups is 1. The van der Waals surface area contributed by atoms with Crippen LogP contribution in [0.2, 0.25) is 0 Å². The van der Waals surface area contributed by atoms with E-state index >= 15 is 0 Å². The molecule has 2 atom stereocenters. The summed E-state index contributed by atoms with van der Waals surface area (Å²) in [6.07, 6.45) is 1.51. The van der Waals surface area contributed by atoms with Gasteiger partial charge in [-0.25, -0.2) is 0 Å². The first-order valence-electron chi connectivity index (χ1n) is 9.53. The van der Waals surface area contributed by atoms with E-state index in [0.29, 0.717) is 6.42 Å². The molecule has 1 fully saturated rings. The summed E-state index contributed by atoms with van der Waals surface area (Å²) in [5, 5.41) is 6.87. The van der Waals surface area contributed by atoms with Crippen molar-refractivity contribution in [2.24, 2.45) is 4.99 Å². The normalized spacial score (nSPS) is 18.5. The van der Waals surface area contributed by atoms with Crippen LogP contribution in [0.15, 0.2) is 29.3 Å². The third-order valence-electron chi connectivity index (χ3n) is 4.99. The van der Waals surface area contributed by atoms with Crippen molar-refractivity contribution in [1.82, 2.24) is 20.4 Å². The minimum absolute atomic E-state index is 0.205. The van der Waals surface area contributed by atoms with E-state index in [2.05, 4.69) is 46.8 Å². The zero-order valence-corrected chi connectivity index (χ0v) is 17.2. The molecule has 2 unspecified atom stereocenters. The molecule has 0 radical (unpaired) electrons. The highest BCUT2D eigenvalue weighted by atomic mass is 16.5. The second-order valence-electron chi connectivity index (χ2n) is 7.03. The maximum absolute atomic E-state index is 11.8. The molecule has 7 heteroatoms. The molecule has 1 heterocycles. The predicted molar refractivity (Wildman–Crippen MR) is 109 cm³/mol. The lowest BCUT2D eigenvalue weighted by molar-refractivity contribution is -0.129. The number of rotatable bonds is 7. The second-order valence-corrected chi connectivity index (χ2v) is 7.03. The molecule has 1 aliphatic heterocycles. The summed E-state index contributed by atoms with van der Waals surface area (Å²) in [5.41, 5.74) is 1.21. The Bertz CT molecular complexity index is 630. The van der Waals surface area contributed by atoms with Gasteiger partial charge in [-0.1, -0.05) is 19.1 Å². The number of hydrogen-bond acceptors (Lipinski definition) is 4. The van der Waals surface area contributed by atoms with Crippen molar-refractivity contribution in [1.29, 1.82) is 0 Å². The Kier molecular flexibility index (Phi) is 7.91. The van der Waals surface area contributed by atoms with Gasteiger partial charge in [0.25, 0.3) is 0 Å². The minimum Gasteiger partial charge on any atom is -0.497 e. The van der Waals surface area contributed by atoms with Crippen LogP contribution < -0.4 is 15.4 Å². The summed E-state index contributed by atoms with van der Waals surface area (Å²) in [6, 6.07) is 8.59. The number of carbonyl (C=O) groups excluding carboxylic acids is 1. The average Bonchev–Trinajstić information content (AvgIpc) is 3.15. The number of likely N-dealkylation sites (tertiary alicyclic amines) is 1. The van der Waals surface area contributed by atoms with Crippen LogP contribution in [0.5, 0.6) is 5.75 Å². The molecule has 1 aromatic rings. The summed E-state index contributed by atoms with van der Waals surface area (Å²) < 4.78 is 5.25. The third kappa shape index (κ3) is 5.85. The van der Waals surface area contributed by atoms with Crippen molar-refractivity contribution in [2.45, 2.75) is 31.8 Å². The molecule has 27 heavy (non-hydrogen) atoms. The maximum Gasteiger partial charge on any atom is 0.222 e. The fraction of sp³-hybridized carbons (Fsp3) is 0.600. The number of hydrogen-bond donors (Lipinski definition) is 2. The number of nitrogens with one attached hydrogen (secondary N) is 2. The lowest BCUT2D eigenvalue weighted by atomic mass is 10.1. The van der Waals surface area contributed by atoms with Crippen LogP contribution in [0.1, 0.15) is 31.4 Å². The Morgan fingerprint density at radius 1 is 1.37 bits per heavy atom. The predicted octanol–water partition coefficient (Wildman–Crippen LogP) is 1.47. The van der Waals surface area contributed by atoms with Gasteiger partial charge in [0.15, 0.2) is 5.96 Å². The number of amides is 1. The molecule has 1 saturated heterocycles. The SMILES string of the molecule is CCC(=O)N1CCC(NC(=NC)NCC(c2ccc(OC)cc2)N(C)C)C1. The Labute approximate surface area is 162 Å². The van der Waals surface area contributed by atoms with E-state index in [-0.39, 0.29) is 18.0 Å². The van der Waals surface area contributed by atoms with Gasteiger partial charge in [-0.05, 0) is 38.2 Å². The fourth-order valence-electron chi connectivity index (χ4n) is 3.33. The van der Waals surface area contributed by atoms with Gasteiger partial charge in [0, 0.05) is 39.1 Å². The van der Waals surface area contributed by atoms with Crippen LogP contribution in [0.4, 0.5) is 0 Å². The highest BCUT2D eigenvalue weighted by Gasteiger charge is 2.26. The van der Waals surface area contributed by atoms with Crippen molar-refractivity contribution in [3.05, 3.63) is 29.8 Å². The molecule has 0 aliphatic carbocycles. The summed E-state index contributed by atoms with van der Waals surface area (Å²) >= 11 is 0. The van der Waals surface area contributed by atoms with Crippen molar-refractivity contribution in [2.75, 3.05) is 47.9 Å². The zero-order valence-electron chi connectivity index (χ0n) is 17.2. The first-order chi connectivity index (χ1) is 13.0. The Morgan fingerprint density at radius 2 is 2.07 bits per heavy atom. The molecular weight excluding hydrogens is 342 g/mol. The van der Waals surface area contributed by atoms with Crippen molar-refractivity contribution >= 4 is 11.9 Å². The number of carbonyl (C=O) groups is 1. The topological polar surface area (TPSA) is 69.2 Å². The van der Waals surface area contributed by atoms with Gasteiger partial charge in [-0.2, -0.15) is 0 Å². The minimum atomic E-state index is 0.205. The van der Waals surface area contributed by atoms with Gasteiger partial charge >= 0.3 is 0 Å². The zero-order chi connectivity index (χ0) is 19.8. The van der Waals surface area contributed by atoms with E-state index in [0.717, 1.165) is 37.8 Å². The summed E-state index contributed by atoms with van der Waals surface area (Å²) in [7, 11) is 7.58. The van der Waals surface area contributed by atoms with Gasteiger partial charge in [0.05, 0.1) is 13.2 Å². The number of likely N-dealkylation sites (N-methyl/N-ethyl adjacent to an activating group) is 1. The maximum atomic E-state index is 11.8. The highest BCUT2D eigenvalue weighted by Crippen LogP contribution is 2.20. The van der Waals surface area contributed by atoms with Crippen LogP contribution >= 0.6 is 0 Å². The molecule has 1 aliphatic rings. The fourth-order valence-corrected chi connectivity index (χ4v) is 3.33. The molecule has 7 nitrogen and oxygen atoms in total. The molecule has 0 bridgehead atoms. The van der Waals surface area contributed by atoms with Gasteiger partial charge in [-0.15, -0.1) is 0 Å². The van der Waals surface area contributed by atoms with E-state index in [1.807, 2.05) is 24.0 Å². The van der Waals surface area contributed by atoms with Crippen LogP contribution in [0.25, 0.3) is 0 Å². The molecule has 1 amide bonds. The average molecular weight is 376 g/mol. The van der Waals surface area contributed by atoms with Crippen LogP contribution in [0.3, 0.4) is 0 Å². The van der Waals surface area contributed by atoms with E-state index in [9.17, 15) is 4.79 Å². The van der Waals surface area contributed by atoms with E-state index in [1.165, 1.54) is 5.56 Å². The lowest BCUT2D eigenvalue weighted by Crippen LogP contribution is -2.47. The van der Waals surface area contributed by atoms with Crippen molar-refractivity contribution < 1.29 is 9.53 Å². The van der Waals surface area contributed by atoms with Crippen LogP contribution in [-0.4, -0.2) is 75.6 Å². The first kappa shape index (κ1) is 21.0. The van der Waals surface area contributed by atoms with Gasteiger partial charge < -0.3 is 25.2 Å². The Hall–Kier alpha value is -2.28. The monoisotopic (exact) mass is 375 g/mol. The largest absolute Gasteiger partial charge is 0.497 e. The number of benzene rings is 1. The van der Waals surface area contributed by atoms with Crippen molar-refractivity contribution in [3.63, 3.8) is 0 Å². The Morgan fingerprint density at radius 3 is 2.63 bits per heavy atom. The number of methoxy groups -OCH3 is 1. The van der Waals surface area contributed by atoms with E-state index in [4.69, 9.17) is 4.74 Å². The quantitative estimate of drug-likeness (QED) is 0.558. The third-order valence-corrected chi connectivity index (χ3v) is 4.99. The van der Waals surface area contributed by atoms with Crippen molar-refractivity contribution in [3.8, 4) is 5.75 Å². The lowest BCUT2D eigenvalue weighted by Gasteiger charge is -2.27. The highest BCUT2D eigenvalue weighted by molar-refractivity contribution is 5.80. The van der Waals surface area contributed by atoms with Gasteiger partial charge in [0.2, 0.25) is 5.91 Å². The molecular formula is C20H33N5O2. The van der Waals surface area contributed by atoms with E-state index in [1.54, 1.807) is 14.2 Å². The Balaban J connectivity index is 1.91. The van der Waals surface area contributed by atoms with Gasteiger partial charge in [0.1, 0.15) is 5.75 Å². The molecule has 0 saturated carbocycles. The number of nitrogens with zero attached hydrogens (tertiary/aromatic N) is 3. The molecule has 1 aromatic carbocycles. The second kappa shape index (κ2) is 10.2.